The molecule has 0 saturated carbocycles. The Hall–Kier alpha value is -3.08. The number of rotatable bonds is 2. The van der Waals surface area contributed by atoms with Crippen LogP contribution in [0.3, 0.4) is 0 Å². The summed E-state index contributed by atoms with van der Waals surface area (Å²) in [5.41, 5.74) is 2.32. The number of aromatic nitrogens is 1. The topological polar surface area (TPSA) is 68.7 Å². The van der Waals surface area contributed by atoms with Crippen LogP contribution >= 0.6 is 0 Å². The minimum Gasteiger partial charge on any atom is -0.507 e. The Balaban J connectivity index is 1.79. The van der Waals surface area contributed by atoms with Crippen LogP contribution in [0.4, 0.5) is 0 Å². The Kier molecular flexibility index (Phi) is 3.34. The number of carbonyl (C=O) groups excluding carboxylic acids is 1. The third-order valence-corrected chi connectivity index (χ3v) is 4.00. The van der Waals surface area contributed by atoms with Gasteiger partial charge in [0.25, 0.3) is 0 Å². The Morgan fingerprint density at radius 1 is 1.08 bits per heavy atom. The second kappa shape index (κ2) is 5.53. The number of phenols is 1. The first-order valence-electron chi connectivity index (χ1n) is 7.65. The number of ether oxygens (including phenoxy) is 2. The fraction of sp³-hybridized carbons (Fsp3) is 0.158. The van der Waals surface area contributed by atoms with Crippen molar-refractivity contribution in [2.45, 2.75) is 6.92 Å². The predicted octanol–water partition coefficient (Wildman–Crippen LogP) is 3.25. The molecule has 1 N–H and O–H groups in total. The van der Waals surface area contributed by atoms with Crippen molar-refractivity contribution < 1.29 is 19.4 Å². The quantitative estimate of drug-likeness (QED) is 0.734. The third kappa shape index (κ3) is 2.44. The number of carbonyl (C=O) groups is 1. The maximum absolute atomic E-state index is 12.7. The molecule has 1 aliphatic rings. The number of hydrogen-bond donors (Lipinski definition) is 1. The van der Waals surface area contributed by atoms with Crippen LogP contribution in [-0.2, 0) is 0 Å². The van der Waals surface area contributed by atoms with Crippen molar-refractivity contribution in [2.75, 3.05) is 13.2 Å². The van der Waals surface area contributed by atoms with Gasteiger partial charge in [0.05, 0.1) is 11.1 Å². The van der Waals surface area contributed by atoms with Crippen molar-refractivity contribution in [1.82, 2.24) is 4.98 Å². The largest absolute Gasteiger partial charge is 0.507 e. The fourth-order valence-corrected chi connectivity index (χ4v) is 2.78. The van der Waals surface area contributed by atoms with Gasteiger partial charge in [0.1, 0.15) is 19.0 Å². The third-order valence-electron chi connectivity index (χ3n) is 4.00. The molecule has 0 bridgehead atoms. The van der Waals surface area contributed by atoms with Crippen LogP contribution in [0.5, 0.6) is 17.2 Å². The van der Waals surface area contributed by atoms with Crippen LogP contribution in [0.15, 0.2) is 42.6 Å². The molecule has 2 aromatic carbocycles. The van der Waals surface area contributed by atoms with Crippen LogP contribution in [0.25, 0.3) is 10.9 Å². The minimum absolute atomic E-state index is 0.0344. The van der Waals surface area contributed by atoms with Gasteiger partial charge in [-0.2, -0.15) is 0 Å². The average Bonchev–Trinajstić information content (AvgIpc) is 2.61. The maximum Gasteiger partial charge on any atom is 0.198 e. The Morgan fingerprint density at radius 3 is 2.62 bits per heavy atom. The lowest BCUT2D eigenvalue weighted by molar-refractivity contribution is 0.103. The van der Waals surface area contributed by atoms with Gasteiger partial charge < -0.3 is 14.6 Å². The molecule has 5 nitrogen and oxygen atoms in total. The van der Waals surface area contributed by atoms with Gasteiger partial charge >= 0.3 is 0 Å². The number of ketones is 1. The predicted molar refractivity (Wildman–Crippen MR) is 89.0 cm³/mol. The van der Waals surface area contributed by atoms with Crippen LogP contribution < -0.4 is 9.47 Å². The monoisotopic (exact) mass is 321 g/mol. The molecule has 0 fully saturated rings. The van der Waals surface area contributed by atoms with E-state index in [9.17, 15) is 9.90 Å². The van der Waals surface area contributed by atoms with E-state index >= 15 is 0 Å². The van der Waals surface area contributed by atoms with Crippen molar-refractivity contribution in [2.24, 2.45) is 0 Å². The second-order valence-corrected chi connectivity index (χ2v) is 5.76. The molecular weight excluding hydrogens is 306 g/mol. The van der Waals surface area contributed by atoms with E-state index in [1.807, 2.05) is 19.1 Å². The smallest absolute Gasteiger partial charge is 0.198 e. The Morgan fingerprint density at radius 2 is 1.83 bits per heavy atom. The minimum atomic E-state index is -0.263. The molecule has 120 valence electrons. The van der Waals surface area contributed by atoms with E-state index in [0.717, 1.165) is 16.5 Å². The number of nitrogens with zero attached hydrogens (tertiary/aromatic N) is 1. The standard InChI is InChI=1S/C19H15NO4/c1-11-2-3-16(21)14(6-11)19(22)13-7-12-8-17-18(24-5-4-23-17)9-15(12)20-10-13/h2-3,6-10,21H,4-5H2,1H3. The lowest BCUT2D eigenvalue weighted by Gasteiger charge is -2.18. The molecule has 5 heteroatoms. The molecule has 1 aliphatic heterocycles. The number of aryl methyl sites for hydroxylation is 1. The molecule has 0 spiro atoms. The highest BCUT2D eigenvalue weighted by Crippen LogP contribution is 2.34. The fourth-order valence-electron chi connectivity index (χ4n) is 2.78. The normalized spacial score (nSPS) is 13.0. The second-order valence-electron chi connectivity index (χ2n) is 5.76. The van der Waals surface area contributed by atoms with Crippen LogP contribution in [-0.4, -0.2) is 29.1 Å². The van der Waals surface area contributed by atoms with Gasteiger partial charge in [-0.25, -0.2) is 0 Å². The van der Waals surface area contributed by atoms with E-state index in [1.165, 1.54) is 12.3 Å². The molecule has 1 aromatic heterocycles. The molecule has 0 aliphatic carbocycles. The molecule has 0 saturated heterocycles. The van der Waals surface area contributed by atoms with Crippen LogP contribution in [0, 0.1) is 6.92 Å². The van der Waals surface area contributed by atoms with Crippen LogP contribution in [0.2, 0.25) is 0 Å². The molecule has 0 unspecified atom stereocenters. The number of hydrogen-bond acceptors (Lipinski definition) is 5. The van der Waals surface area contributed by atoms with Crippen molar-refractivity contribution >= 4 is 16.7 Å². The number of benzene rings is 2. The summed E-state index contributed by atoms with van der Waals surface area (Å²) in [6.45, 7) is 2.89. The zero-order valence-electron chi connectivity index (χ0n) is 13.1. The first-order valence-corrected chi connectivity index (χ1v) is 7.65. The summed E-state index contributed by atoms with van der Waals surface area (Å²) in [5.74, 6) is 1.02. The van der Waals surface area contributed by atoms with Gasteiger partial charge in [-0.05, 0) is 31.2 Å². The number of phenolic OH excluding ortho intramolecular Hbond substituents is 1. The zero-order valence-corrected chi connectivity index (χ0v) is 13.1. The summed E-state index contributed by atoms with van der Waals surface area (Å²) in [4.78, 5) is 17.0. The van der Waals surface area contributed by atoms with E-state index in [1.54, 1.807) is 18.2 Å². The Labute approximate surface area is 138 Å². The van der Waals surface area contributed by atoms with Gasteiger partial charge in [-0.15, -0.1) is 0 Å². The summed E-state index contributed by atoms with van der Waals surface area (Å²) in [6.07, 6.45) is 1.52. The molecule has 0 atom stereocenters. The van der Waals surface area contributed by atoms with E-state index < -0.39 is 0 Å². The van der Waals surface area contributed by atoms with Crippen molar-refractivity contribution in [3.63, 3.8) is 0 Å². The molecular formula is C19H15NO4. The van der Waals surface area contributed by atoms with Crippen LogP contribution in [0.1, 0.15) is 21.5 Å². The SMILES string of the molecule is Cc1ccc(O)c(C(=O)c2cnc3cc4c(cc3c2)OCCO4)c1. The molecule has 0 radical (unpaired) electrons. The molecule has 24 heavy (non-hydrogen) atoms. The highest BCUT2D eigenvalue weighted by atomic mass is 16.6. The lowest BCUT2D eigenvalue weighted by atomic mass is 10.0. The molecule has 3 aromatic rings. The number of pyridine rings is 1. The highest BCUT2D eigenvalue weighted by Gasteiger charge is 2.17. The molecule has 0 amide bonds. The van der Waals surface area contributed by atoms with Gasteiger partial charge in [0.2, 0.25) is 0 Å². The molecule has 4 rings (SSSR count). The summed E-state index contributed by atoms with van der Waals surface area (Å²) in [6, 6.07) is 10.3. The summed E-state index contributed by atoms with van der Waals surface area (Å²) in [5, 5.41) is 10.7. The van der Waals surface area contributed by atoms with E-state index in [0.29, 0.717) is 30.3 Å². The summed E-state index contributed by atoms with van der Waals surface area (Å²) in [7, 11) is 0. The first kappa shape index (κ1) is 14.5. The van der Waals surface area contributed by atoms with Gasteiger partial charge in [0, 0.05) is 23.2 Å². The number of aromatic hydroxyl groups is 1. The van der Waals surface area contributed by atoms with Gasteiger partial charge in [0.15, 0.2) is 17.3 Å². The summed E-state index contributed by atoms with van der Waals surface area (Å²) < 4.78 is 11.1. The first-order chi connectivity index (χ1) is 11.6. The van der Waals surface area contributed by atoms with E-state index in [-0.39, 0.29) is 17.1 Å². The van der Waals surface area contributed by atoms with Gasteiger partial charge in [-0.3, -0.25) is 9.78 Å². The average molecular weight is 321 g/mol. The maximum atomic E-state index is 12.7. The van der Waals surface area contributed by atoms with Crippen molar-refractivity contribution in [1.29, 1.82) is 0 Å². The lowest BCUT2D eigenvalue weighted by Crippen LogP contribution is -2.15. The highest BCUT2D eigenvalue weighted by molar-refractivity contribution is 6.11. The number of fused-ring (bicyclic) bond motifs is 2. The van der Waals surface area contributed by atoms with Gasteiger partial charge in [-0.1, -0.05) is 11.6 Å². The Bertz CT molecular complexity index is 965. The van der Waals surface area contributed by atoms with Crippen molar-refractivity contribution in [3.8, 4) is 17.2 Å². The van der Waals surface area contributed by atoms with Crippen molar-refractivity contribution in [3.05, 3.63) is 59.3 Å². The van der Waals surface area contributed by atoms with E-state index in [4.69, 9.17) is 9.47 Å². The molecule has 2 heterocycles. The summed E-state index contributed by atoms with van der Waals surface area (Å²) >= 11 is 0. The zero-order chi connectivity index (χ0) is 16.7. The van der Waals surface area contributed by atoms with E-state index in [2.05, 4.69) is 4.98 Å².